The van der Waals surface area contributed by atoms with Crippen molar-refractivity contribution in [2.45, 2.75) is 179 Å². The molecule has 1 aliphatic heterocycles. The standard InChI is InChI=1S/C33H62O10/c1-3-5-6-7-8-9-10-11-12-13-14-15-16-17-18-19-20-22-29(36)42-26(24-40-28(35)21-4-2)25-41-33-32(39)31(38)30(37)27(23-34)43-33/h26-27,30-34,37-39H,3-25H2,1-2H3. The fourth-order valence-electron chi connectivity index (χ4n) is 5.22. The van der Waals surface area contributed by atoms with Gasteiger partial charge < -0.3 is 39.4 Å². The molecule has 0 aromatic heterocycles. The van der Waals surface area contributed by atoms with Gasteiger partial charge in [0.1, 0.15) is 31.0 Å². The van der Waals surface area contributed by atoms with Crippen molar-refractivity contribution in [1.82, 2.24) is 0 Å². The van der Waals surface area contributed by atoms with E-state index in [1.807, 2.05) is 6.92 Å². The number of aliphatic hydroxyl groups excluding tert-OH is 4. The lowest BCUT2D eigenvalue weighted by atomic mass is 9.99. The van der Waals surface area contributed by atoms with Crippen molar-refractivity contribution in [3.8, 4) is 0 Å². The Morgan fingerprint density at radius 2 is 1.14 bits per heavy atom. The zero-order valence-electron chi connectivity index (χ0n) is 27.0. The molecule has 0 bridgehead atoms. The van der Waals surface area contributed by atoms with Gasteiger partial charge in [0.25, 0.3) is 0 Å². The van der Waals surface area contributed by atoms with Gasteiger partial charge >= 0.3 is 11.9 Å². The van der Waals surface area contributed by atoms with Crippen molar-refractivity contribution in [2.75, 3.05) is 19.8 Å². The van der Waals surface area contributed by atoms with Gasteiger partial charge in [-0.1, -0.05) is 117 Å². The van der Waals surface area contributed by atoms with Crippen LogP contribution in [0.2, 0.25) is 0 Å². The molecule has 254 valence electrons. The second kappa shape index (κ2) is 26.0. The smallest absolute Gasteiger partial charge is 0.306 e. The highest BCUT2D eigenvalue weighted by Gasteiger charge is 2.44. The van der Waals surface area contributed by atoms with Gasteiger partial charge in [-0.25, -0.2) is 0 Å². The molecule has 0 radical (unpaired) electrons. The molecule has 6 unspecified atom stereocenters. The minimum Gasteiger partial charge on any atom is -0.462 e. The lowest BCUT2D eigenvalue weighted by molar-refractivity contribution is -0.305. The van der Waals surface area contributed by atoms with E-state index in [1.54, 1.807) is 0 Å². The number of unbranched alkanes of at least 4 members (excludes halogenated alkanes) is 16. The van der Waals surface area contributed by atoms with Crippen LogP contribution in [0.25, 0.3) is 0 Å². The van der Waals surface area contributed by atoms with E-state index in [9.17, 15) is 30.0 Å². The third-order valence-electron chi connectivity index (χ3n) is 7.96. The Bertz CT molecular complexity index is 689. The quantitative estimate of drug-likeness (QED) is 0.0723. The molecule has 0 saturated carbocycles. The van der Waals surface area contributed by atoms with Crippen LogP contribution in [0.1, 0.15) is 142 Å². The lowest BCUT2D eigenvalue weighted by Crippen LogP contribution is -2.59. The zero-order chi connectivity index (χ0) is 31.7. The highest BCUT2D eigenvalue weighted by atomic mass is 16.7. The molecule has 1 aliphatic rings. The molecule has 10 heteroatoms. The average Bonchev–Trinajstić information content (AvgIpc) is 2.99. The summed E-state index contributed by atoms with van der Waals surface area (Å²) < 4.78 is 21.6. The zero-order valence-corrected chi connectivity index (χ0v) is 27.0. The Kier molecular flexibility index (Phi) is 24.0. The van der Waals surface area contributed by atoms with E-state index < -0.39 is 55.4 Å². The largest absolute Gasteiger partial charge is 0.462 e. The maximum absolute atomic E-state index is 12.5. The third kappa shape index (κ3) is 19.0. The summed E-state index contributed by atoms with van der Waals surface area (Å²) in [4.78, 5) is 24.3. The van der Waals surface area contributed by atoms with Gasteiger partial charge in [-0.3, -0.25) is 9.59 Å². The lowest BCUT2D eigenvalue weighted by Gasteiger charge is -2.39. The van der Waals surface area contributed by atoms with E-state index in [-0.39, 0.29) is 26.1 Å². The monoisotopic (exact) mass is 618 g/mol. The first-order valence-corrected chi connectivity index (χ1v) is 17.1. The Labute approximate surface area is 259 Å². The third-order valence-corrected chi connectivity index (χ3v) is 7.96. The molecule has 4 N–H and O–H groups in total. The Morgan fingerprint density at radius 3 is 1.63 bits per heavy atom. The van der Waals surface area contributed by atoms with Gasteiger partial charge in [-0.2, -0.15) is 0 Å². The summed E-state index contributed by atoms with van der Waals surface area (Å²) in [5.41, 5.74) is 0. The van der Waals surface area contributed by atoms with Crippen molar-refractivity contribution in [3.63, 3.8) is 0 Å². The van der Waals surface area contributed by atoms with Gasteiger partial charge in [-0.15, -0.1) is 0 Å². The van der Waals surface area contributed by atoms with E-state index in [4.69, 9.17) is 18.9 Å². The first-order chi connectivity index (χ1) is 20.8. The fraction of sp³-hybridized carbons (Fsp3) is 0.939. The SMILES string of the molecule is CCCCCCCCCCCCCCCCCCCC(=O)OC(COC(=O)CCC)COC1OC(CO)C(O)C(O)C1O. The number of carbonyl (C=O) groups is 2. The molecule has 10 nitrogen and oxygen atoms in total. The predicted octanol–water partition coefficient (Wildman–Crippen LogP) is 5.10. The number of hydrogen-bond donors (Lipinski definition) is 4. The molecule has 0 spiro atoms. The molecule has 0 aromatic rings. The minimum absolute atomic E-state index is 0.221. The van der Waals surface area contributed by atoms with Gasteiger partial charge in [0.15, 0.2) is 12.4 Å². The molecule has 1 fully saturated rings. The van der Waals surface area contributed by atoms with E-state index >= 15 is 0 Å². The van der Waals surface area contributed by atoms with Crippen LogP contribution in [-0.4, -0.2) is 89.0 Å². The molecule has 1 saturated heterocycles. The average molecular weight is 619 g/mol. The van der Waals surface area contributed by atoms with Gasteiger partial charge in [0.05, 0.1) is 13.2 Å². The second-order valence-electron chi connectivity index (χ2n) is 12.0. The topological polar surface area (TPSA) is 152 Å². The maximum Gasteiger partial charge on any atom is 0.306 e. The fourth-order valence-corrected chi connectivity index (χ4v) is 5.22. The number of rotatable bonds is 27. The van der Waals surface area contributed by atoms with Crippen LogP contribution >= 0.6 is 0 Å². The summed E-state index contributed by atoms with van der Waals surface area (Å²) in [5.74, 6) is -0.862. The van der Waals surface area contributed by atoms with Gasteiger partial charge in [0, 0.05) is 12.8 Å². The van der Waals surface area contributed by atoms with Gasteiger partial charge in [0.2, 0.25) is 0 Å². The van der Waals surface area contributed by atoms with Gasteiger partial charge in [-0.05, 0) is 12.8 Å². The Balaban J connectivity index is 2.21. The van der Waals surface area contributed by atoms with Crippen LogP contribution in [0.3, 0.4) is 0 Å². The Hall–Kier alpha value is -1.30. The molecule has 1 heterocycles. The van der Waals surface area contributed by atoms with Crippen LogP contribution in [0, 0.1) is 0 Å². The number of aliphatic hydroxyl groups is 4. The minimum atomic E-state index is -1.58. The summed E-state index contributed by atoms with van der Waals surface area (Å²) in [7, 11) is 0. The van der Waals surface area contributed by atoms with Crippen molar-refractivity contribution < 1.29 is 49.0 Å². The highest BCUT2D eigenvalue weighted by Crippen LogP contribution is 2.22. The van der Waals surface area contributed by atoms with Crippen molar-refractivity contribution in [1.29, 1.82) is 0 Å². The Morgan fingerprint density at radius 1 is 0.628 bits per heavy atom. The molecule has 0 aliphatic carbocycles. The summed E-state index contributed by atoms with van der Waals surface area (Å²) in [6, 6.07) is 0. The van der Waals surface area contributed by atoms with Crippen molar-refractivity contribution in [3.05, 3.63) is 0 Å². The molecule has 43 heavy (non-hydrogen) atoms. The van der Waals surface area contributed by atoms with E-state index in [0.29, 0.717) is 12.8 Å². The first-order valence-electron chi connectivity index (χ1n) is 17.1. The summed E-state index contributed by atoms with van der Waals surface area (Å²) in [6.45, 7) is 3.03. The summed E-state index contributed by atoms with van der Waals surface area (Å²) in [6.07, 6.45) is 14.3. The summed E-state index contributed by atoms with van der Waals surface area (Å²) in [5, 5.41) is 39.4. The number of hydrogen-bond acceptors (Lipinski definition) is 10. The number of esters is 2. The van der Waals surface area contributed by atoms with Crippen LogP contribution < -0.4 is 0 Å². The maximum atomic E-state index is 12.5. The second-order valence-corrected chi connectivity index (χ2v) is 12.0. The first kappa shape index (κ1) is 39.7. The normalized spacial score (nSPS) is 22.8. The number of carbonyl (C=O) groups excluding carboxylic acids is 2. The van der Waals surface area contributed by atoms with Crippen LogP contribution in [-0.2, 0) is 28.5 Å². The van der Waals surface area contributed by atoms with Crippen LogP contribution in [0.5, 0.6) is 0 Å². The van der Waals surface area contributed by atoms with E-state index in [1.165, 1.54) is 83.5 Å². The van der Waals surface area contributed by atoms with E-state index in [2.05, 4.69) is 6.92 Å². The molecular formula is C33H62O10. The molecule has 0 aromatic carbocycles. The molecule has 1 rings (SSSR count). The molecule has 6 atom stereocenters. The van der Waals surface area contributed by atoms with Crippen LogP contribution in [0.4, 0.5) is 0 Å². The number of ether oxygens (including phenoxy) is 4. The van der Waals surface area contributed by atoms with E-state index in [0.717, 1.165) is 19.3 Å². The predicted molar refractivity (Wildman–Crippen MR) is 164 cm³/mol. The highest BCUT2D eigenvalue weighted by molar-refractivity contribution is 5.70. The molecule has 0 amide bonds. The van der Waals surface area contributed by atoms with Crippen molar-refractivity contribution >= 4 is 11.9 Å². The molecular weight excluding hydrogens is 556 g/mol. The summed E-state index contributed by atoms with van der Waals surface area (Å²) >= 11 is 0. The van der Waals surface area contributed by atoms with Crippen molar-refractivity contribution in [2.24, 2.45) is 0 Å². The van der Waals surface area contributed by atoms with Crippen LogP contribution in [0.15, 0.2) is 0 Å².